The molecule has 1 fully saturated rings. The second-order valence-corrected chi connectivity index (χ2v) is 18.1. The van der Waals surface area contributed by atoms with Crippen molar-refractivity contribution in [2.24, 2.45) is 11.8 Å². The van der Waals surface area contributed by atoms with Gasteiger partial charge in [0.15, 0.2) is 0 Å². The van der Waals surface area contributed by atoms with Gasteiger partial charge in [-0.05, 0) is 174 Å². The third kappa shape index (κ3) is 9.63. The number of halogens is 1. The van der Waals surface area contributed by atoms with Crippen LogP contribution in [0.2, 0.25) is 5.02 Å². The van der Waals surface area contributed by atoms with Crippen LogP contribution < -0.4 is 14.8 Å². The highest BCUT2D eigenvalue weighted by molar-refractivity contribution is 6.30. The lowest BCUT2D eigenvalue weighted by molar-refractivity contribution is -0.144. The predicted molar refractivity (Wildman–Crippen MR) is 231 cm³/mol. The highest BCUT2D eigenvalue weighted by Gasteiger charge is 2.54. The summed E-state index contributed by atoms with van der Waals surface area (Å²) in [5, 5.41) is 14.8. The van der Waals surface area contributed by atoms with Crippen molar-refractivity contribution in [1.82, 2.24) is 9.88 Å². The first-order chi connectivity index (χ1) is 27.5. The number of pyridine rings is 1. The summed E-state index contributed by atoms with van der Waals surface area (Å²) in [6, 6.07) is 26.9. The minimum Gasteiger partial charge on any atom is -0.493 e. The SMILES string of the molecule is CC(CCCN(C)CCc1ccccc1)Oc1ccc2c(c1)C1(CCC(Nc3cccc(Cl)c3)(C(=O)O)CC1)C(C[C@@H](C)COc1ccnc3c1[C@H](C)CCC3)C2. The zero-order valence-electron chi connectivity index (χ0n) is 34.4. The van der Waals surface area contributed by atoms with Crippen molar-refractivity contribution in [2.45, 2.75) is 121 Å². The largest absolute Gasteiger partial charge is 0.493 e. The van der Waals surface area contributed by atoms with E-state index in [1.54, 1.807) is 0 Å². The fourth-order valence-electron chi connectivity index (χ4n) is 10.2. The molecule has 7 rings (SSSR count). The number of aryl methyl sites for hydroxylation is 1. The molecule has 8 heteroatoms. The van der Waals surface area contributed by atoms with E-state index in [0.29, 0.717) is 42.2 Å². The van der Waals surface area contributed by atoms with Crippen molar-refractivity contribution in [1.29, 1.82) is 0 Å². The van der Waals surface area contributed by atoms with Crippen molar-refractivity contribution in [2.75, 3.05) is 32.1 Å². The molecule has 1 heterocycles. The van der Waals surface area contributed by atoms with Gasteiger partial charge in [-0.1, -0.05) is 67.9 Å². The number of carboxylic acid groups (broad SMARTS) is 1. The minimum absolute atomic E-state index is 0.0884. The maximum atomic E-state index is 13.1. The highest BCUT2D eigenvalue weighted by atomic mass is 35.5. The number of rotatable bonds is 17. The van der Waals surface area contributed by atoms with Gasteiger partial charge in [0.25, 0.3) is 0 Å². The van der Waals surface area contributed by atoms with Crippen LogP contribution in [0.15, 0.2) is 85.1 Å². The number of nitrogens with zero attached hydrogens (tertiary/aromatic N) is 2. The summed E-state index contributed by atoms with van der Waals surface area (Å²) in [5.41, 5.74) is 6.12. The number of carboxylic acids is 1. The number of hydrogen-bond donors (Lipinski definition) is 2. The van der Waals surface area contributed by atoms with Gasteiger partial charge in [0.2, 0.25) is 0 Å². The lowest BCUT2D eigenvalue weighted by Gasteiger charge is -2.47. The van der Waals surface area contributed by atoms with Crippen LogP contribution in [0.1, 0.15) is 112 Å². The zero-order valence-corrected chi connectivity index (χ0v) is 35.2. The van der Waals surface area contributed by atoms with Crippen molar-refractivity contribution in [3.05, 3.63) is 118 Å². The van der Waals surface area contributed by atoms with E-state index in [-0.39, 0.29) is 11.5 Å². The van der Waals surface area contributed by atoms with Crippen LogP contribution in [-0.2, 0) is 29.5 Å². The van der Waals surface area contributed by atoms with Gasteiger partial charge in [0.1, 0.15) is 17.0 Å². The summed E-state index contributed by atoms with van der Waals surface area (Å²) < 4.78 is 13.3. The van der Waals surface area contributed by atoms with Crippen molar-refractivity contribution < 1.29 is 19.4 Å². The summed E-state index contributed by atoms with van der Waals surface area (Å²) in [7, 11) is 2.21. The molecule has 0 saturated heterocycles. The molecule has 57 heavy (non-hydrogen) atoms. The number of nitrogens with one attached hydrogen (secondary N) is 1. The molecule has 1 spiro atoms. The second kappa shape index (κ2) is 18.2. The maximum absolute atomic E-state index is 13.1. The van der Waals surface area contributed by atoms with Crippen LogP contribution >= 0.6 is 11.6 Å². The number of aromatic nitrogens is 1. The normalized spacial score (nSPS) is 23.8. The summed E-state index contributed by atoms with van der Waals surface area (Å²) in [6.45, 7) is 9.52. The molecule has 3 aliphatic rings. The van der Waals surface area contributed by atoms with Crippen LogP contribution in [0, 0.1) is 11.8 Å². The van der Waals surface area contributed by atoms with Gasteiger partial charge < -0.3 is 24.8 Å². The Balaban J connectivity index is 1.05. The number of anilines is 1. The van der Waals surface area contributed by atoms with Crippen LogP contribution in [0.25, 0.3) is 0 Å². The third-order valence-electron chi connectivity index (χ3n) is 13.4. The number of fused-ring (bicyclic) bond motifs is 3. The van der Waals surface area contributed by atoms with Crippen LogP contribution in [-0.4, -0.2) is 59.3 Å². The molecule has 0 radical (unpaired) electrons. The average Bonchev–Trinajstić information content (AvgIpc) is 3.48. The lowest BCUT2D eigenvalue weighted by atomic mass is 9.59. The molecule has 0 bridgehead atoms. The molecule has 4 aromatic rings. The Labute approximate surface area is 345 Å². The number of likely N-dealkylation sites (N-methyl/N-ethyl adjacent to an activating group) is 1. The van der Waals surface area contributed by atoms with E-state index < -0.39 is 11.5 Å². The molecule has 1 saturated carbocycles. The Bertz CT molecular complexity index is 1960. The van der Waals surface area contributed by atoms with Crippen LogP contribution in [0.4, 0.5) is 5.69 Å². The average molecular weight is 793 g/mol. The number of carbonyl (C=O) groups is 1. The van der Waals surface area contributed by atoms with Gasteiger partial charge in [-0.25, -0.2) is 4.79 Å². The maximum Gasteiger partial charge on any atom is 0.329 e. The predicted octanol–water partition coefficient (Wildman–Crippen LogP) is 10.9. The second-order valence-electron chi connectivity index (χ2n) is 17.6. The topological polar surface area (TPSA) is 83.9 Å². The molecule has 2 unspecified atom stereocenters. The monoisotopic (exact) mass is 791 g/mol. The van der Waals surface area contributed by atoms with E-state index in [2.05, 4.69) is 86.6 Å². The van der Waals surface area contributed by atoms with Crippen LogP contribution in [0.5, 0.6) is 11.5 Å². The van der Waals surface area contributed by atoms with E-state index >= 15 is 0 Å². The molecule has 3 aromatic carbocycles. The molecule has 1 aromatic heterocycles. The van der Waals surface area contributed by atoms with E-state index in [1.165, 1.54) is 40.8 Å². The van der Waals surface area contributed by atoms with Crippen LogP contribution in [0.3, 0.4) is 0 Å². The van der Waals surface area contributed by atoms with E-state index in [9.17, 15) is 9.90 Å². The number of benzene rings is 3. The van der Waals surface area contributed by atoms with Gasteiger partial charge in [-0.15, -0.1) is 0 Å². The molecule has 0 aliphatic heterocycles. The summed E-state index contributed by atoms with van der Waals surface area (Å²) in [4.78, 5) is 20.2. The number of aliphatic carboxylic acids is 1. The fraction of sp³-hybridized carbons (Fsp3) is 0.510. The van der Waals surface area contributed by atoms with Gasteiger partial charge in [0.05, 0.1) is 12.7 Å². The Morgan fingerprint density at radius 2 is 1.82 bits per heavy atom. The molecule has 3 aliphatic carbocycles. The third-order valence-corrected chi connectivity index (χ3v) is 13.6. The quantitative estimate of drug-likeness (QED) is 0.110. The number of hydrogen-bond acceptors (Lipinski definition) is 6. The minimum atomic E-state index is -1.06. The summed E-state index contributed by atoms with van der Waals surface area (Å²) >= 11 is 6.33. The van der Waals surface area contributed by atoms with Gasteiger partial charge in [-0.2, -0.15) is 0 Å². The summed E-state index contributed by atoms with van der Waals surface area (Å²) in [5.74, 6) is 2.26. The first-order valence-electron chi connectivity index (χ1n) is 21.4. The molecule has 7 nitrogen and oxygen atoms in total. The van der Waals surface area contributed by atoms with E-state index in [4.69, 9.17) is 26.1 Å². The molecule has 0 amide bonds. The highest BCUT2D eigenvalue weighted by Crippen LogP contribution is 2.57. The molecule has 2 N–H and O–H groups in total. The lowest BCUT2D eigenvalue weighted by Crippen LogP contribution is -2.53. The fourth-order valence-corrected chi connectivity index (χ4v) is 10.4. The Morgan fingerprint density at radius 3 is 2.60 bits per heavy atom. The van der Waals surface area contributed by atoms with Crippen molar-refractivity contribution >= 4 is 23.3 Å². The first-order valence-corrected chi connectivity index (χ1v) is 21.8. The number of ether oxygens (including phenoxy) is 2. The van der Waals surface area contributed by atoms with Gasteiger partial charge in [-0.3, -0.25) is 4.98 Å². The molecule has 4 atom stereocenters. The standard InChI is InChI=1S/C49H62ClN3O4/c1-34(33-56-45-20-26-51-44-17-8-11-35(2)46(44)45)29-39-30-38-18-19-42(57-36(3)12-10-27-53(4)28-21-37-13-6-5-7-14-37)32-43(38)48(39)22-24-49(25-23-48,47(54)55)52-41-16-9-15-40(50)31-41/h5-7,9,13-16,18-20,26,31-32,34-36,39,52H,8,10-12,17,21-25,27-30,33H2,1-4H3,(H,54,55)/t34-,35-,36?,39?,48?,49?/m1/s1. The van der Waals surface area contributed by atoms with Crippen molar-refractivity contribution in [3.8, 4) is 11.5 Å². The zero-order chi connectivity index (χ0) is 40.0. The van der Waals surface area contributed by atoms with E-state index in [0.717, 1.165) is 81.6 Å². The molecular weight excluding hydrogens is 730 g/mol. The first kappa shape index (κ1) is 41.1. The van der Waals surface area contributed by atoms with Gasteiger partial charge in [0, 0.05) is 34.7 Å². The Hall–Kier alpha value is -4.07. The molecule has 304 valence electrons. The Kier molecular flexibility index (Phi) is 13.2. The van der Waals surface area contributed by atoms with E-state index in [1.807, 2.05) is 36.5 Å². The van der Waals surface area contributed by atoms with Crippen molar-refractivity contribution in [3.63, 3.8) is 0 Å². The smallest absolute Gasteiger partial charge is 0.329 e. The molecular formula is C49H62ClN3O4. The Morgan fingerprint density at radius 1 is 1.02 bits per heavy atom. The van der Waals surface area contributed by atoms with Gasteiger partial charge >= 0.3 is 5.97 Å². The summed E-state index contributed by atoms with van der Waals surface area (Å²) in [6.07, 6.45) is 13.1.